The molecule has 0 fully saturated rings. The van der Waals surface area contributed by atoms with Gasteiger partial charge in [0.15, 0.2) is 5.16 Å². The number of H-pyrrole nitrogens is 1. The number of para-hydroxylation sites is 1. The lowest BCUT2D eigenvalue weighted by Crippen LogP contribution is -2.23. The van der Waals surface area contributed by atoms with Gasteiger partial charge in [0, 0.05) is 33.7 Å². The summed E-state index contributed by atoms with van der Waals surface area (Å²) >= 11 is 7.06. The maximum Gasteiger partial charge on any atom is 0.283 e. The molecule has 0 spiro atoms. The first-order valence-corrected chi connectivity index (χ1v) is 11.7. The molecule has 0 aliphatic rings. The van der Waals surface area contributed by atoms with Crippen molar-refractivity contribution in [2.24, 2.45) is 0 Å². The first-order valence-electron chi connectivity index (χ1n) is 10.4. The Hall–Kier alpha value is -4.15. The summed E-state index contributed by atoms with van der Waals surface area (Å²) in [5.41, 5.74) is 2.01. The molecule has 2 aromatic heterocycles. The van der Waals surface area contributed by atoms with Crippen LogP contribution in [0.15, 0.2) is 82.7 Å². The van der Waals surface area contributed by atoms with Gasteiger partial charge < -0.3 is 10.3 Å². The summed E-state index contributed by atoms with van der Waals surface area (Å²) in [6, 6.07) is 19.8. The number of non-ortho nitro benzene ring substituents is 1. The van der Waals surface area contributed by atoms with Crippen LogP contribution in [0.25, 0.3) is 27.6 Å². The van der Waals surface area contributed by atoms with E-state index in [-0.39, 0.29) is 28.1 Å². The van der Waals surface area contributed by atoms with E-state index in [1.54, 1.807) is 24.3 Å². The molecule has 0 radical (unpaired) electrons. The lowest BCUT2D eigenvalue weighted by molar-refractivity contribution is -0.384. The normalized spacial score (nSPS) is 11.1. The van der Waals surface area contributed by atoms with Gasteiger partial charge in [0.2, 0.25) is 5.91 Å². The predicted molar refractivity (Wildman–Crippen MR) is 137 cm³/mol. The molecule has 174 valence electrons. The Labute approximate surface area is 206 Å². The number of nitro groups is 1. The minimum Gasteiger partial charge on any atom is -0.349 e. The van der Waals surface area contributed by atoms with E-state index in [1.807, 2.05) is 24.3 Å². The van der Waals surface area contributed by atoms with E-state index in [2.05, 4.69) is 10.3 Å². The highest BCUT2D eigenvalue weighted by atomic mass is 35.5. The summed E-state index contributed by atoms with van der Waals surface area (Å²) in [5.74, 6) is -0.333. The predicted octanol–water partition coefficient (Wildman–Crippen LogP) is 5.16. The largest absolute Gasteiger partial charge is 0.349 e. The second-order valence-corrected chi connectivity index (χ2v) is 8.93. The number of nitro benzene ring substituents is 1. The minimum atomic E-state index is -0.512. The van der Waals surface area contributed by atoms with Crippen LogP contribution < -0.4 is 10.9 Å². The number of hydrogen-bond acceptors (Lipinski definition) is 6. The Kier molecular flexibility index (Phi) is 5.98. The van der Waals surface area contributed by atoms with Crippen LogP contribution >= 0.6 is 23.4 Å². The van der Waals surface area contributed by atoms with Gasteiger partial charge in [0.1, 0.15) is 11.0 Å². The molecule has 35 heavy (non-hydrogen) atoms. The summed E-state index contributed by atoms with van der Waals surface area (Å²) in [6.45, 7) is 0. The van der Waals surface area contributed by atoms with Crippen molar-refractivity contribution in [3.8, 4) is 5.69 Å². The van der Waals surface area contributed by atoms with Crippen molar-refractivity contribution in [1.82, 2.24) is 14.5 Å². The van der Waals surface area contributed by atoms with E-state index in [9.17, 15) is 19.7 Å². The van der Waals surface area contributed by atoms with Gasteiger partial charge in [-0.05, 0) is 36.4 Å². The second-order valence-electron chi connectivity index (χ2n) is 7.55. The number of aromatic amines is 1. The number of rotatable bonds is 6. The molecule has 5 aromatic rings. The molecule has 11 heteroatoms. The molecular formula is C24H16ClN5O4S. The molecule has 3 aromatic carbocycles. The monoisotopic (exact) mass is 505 g/mol. The lowest BCUT2D eigenvalue weighted by Gasteiger charge is -2.12. The average molecular weight is 506 g/mol. The number of carbonyl (C=O) groups is 1. The number of hydrogen-bond donors (Lipinski definition) is 2. The number of fused-ring (bicyclic) bond motifs is 3. The molecule has 0 saturated carbocycles. The van der Waals surface area contributed by atoms with Gasteiger partial charge >= 0.3 is 0 Å². The van der Waals surface area contributed by atoms with Gasteiger partial charge in [-0.2, -0.15) is 0 Å². The highest BCUT2D eigenvalue weighted by Crippen LogP contribution is 2.27. The Morgan fingerprint density at radius 1 is 1.11 bits per heavy atom. The standard InChI is InChI=1S/C24H16ClN5O4S/c25-14-4-3-5-15(12-14)26-20(31)13-35-24-28-21-18-6-1-2-7-19(18)27-22(21)23(32)29(24)16-8-10-17(11-9-16)30(33)34/h1-12,27H,13H2,(H,26,31). The zero-order valence-electron chi connectivity index (χ0n) is 17.9. The van der Waals surface area contributed by atoms with Crippen molar-refractivity contribution >= 4 is 62.6 Å². The lowest BCUT2D eigenvalue weighted by atomic mass is 10.2. The summed E-state index contributed by atoms with van der Waals surface area (Å²) in [7, 11) is 0. The van der Waals surface area contributed by atoms with Crippen LogP contribution in [0.4, 0.5) is 11.4 Å². The fourth-order valence-corrected chi connectivity index (χ4v) is 4.68. The number of thioether (sulfide) groups is 1. The van der Waals surface area contributed by atoms with Crippen LogP contribution in [-0.2, 0) is 4.79 Å². The van der Waals surface area contributed by atoms with Crippen LogP contribution in [0.3, 0.4) is 0 Å². The van der Waals surface area contributed by atoms with Crippen LogP contribution in [0.2, 0.25) is 5.02 Å². The number of anilines is 1. The molecule has 0 atom stereocenters. The highest BCUT2D eigenvalue weighted by Gasteiger charge is 2.19. The van der Waals surface area contributed by atoms with Gasteiger partial charge in [-0.1, -0.05) is 47.6 Å². The third-order valence-corrected chi connectivity index (χ3v) is 6.43. The van der Waals surface area contributed by atoms with Crippen molar-refractivity contribution in [3.05, 3.63) is 98.3 Å². The zero-order valence-corrected chi connectivity index (χ0v) is 19.5. The van der Waals surface area contributed by atoms with E-state index in [0.717, 1.165) is 22.7 Å². The number of nitrogens with one attached hydrogen (secondary N) is 2. The Morgan fingerprint density at radius 3 is 2.63 bits per heavy atom. The fourth-order valence-electron chi connectivity index (χ4n) is 3.68. The first-order chi connectivity index (χ1) is 16.9. The van der Waals surface area contributed by atoms with E-state index >= 15 is 0 Å². The molecule has 0 saturated heterocycles. The minimum absolute atomic E-state index is 0.0280. The number of carbonyl (C=O) groups excluding carboxylic acids is 1. The quantitative estimate of drug-likeness (QED) is 0.142. The van der Waals surface area contributed by atoms with E-state index < -0.39 is 4.92 Å². The molecule has 2 heterocycles. The molecule has 2 N–H and O–H groups in total. The first kappa shape index (κ1) is 22.6. The molecule has 0 aliphatic heterocycles. The van der Waals surface area contributed by atoms with Gasteiger partial charge in [-0.15, -0.1) is 0 Å². The van der Waals surface area contributed by atoms with Crippen molar-refractivity contribution in [1.29, 1.82) is 0 Å². The number of amides is 1. The second kappa shape index (κ2) is 9.24. The zero-order chi connectivity index (χ0) is 24.5. The number of aromatic nitrogens is 3. The number of halogens is 1. The molecule has 0 bridgehead atoms. The van der Waals surface area contributed by atoms with Gasteiger partial charge in [0.25, 0.3) is 11.2 Å². The molecular weight excluding hydrogens is 490 g/mol. The molecule has 9 nitrogen and oxygen atoms in total. The summed E-state index contributed by atoms with van der Waals surface area (Å²) in [6.07, 6.45) is 0. The van der Waals surface area contributed by atoms with Crippen LogP contribution in [0, 0.1) is 10.1 Å². The van der Waals surface area contributed by atoms with E-state index in [1.165, 1.54) is 28.8 Å². The number of benzene rings is 3. The SMILES string of the molecule is O=C(CSc1nc2c([nH]c3ccccc32)c(=O)n1-c1ccc([N+](=O)[O-])cc1)Nc1cccc(Cl)c1. The smallest absolute Gasteiger partial charge is 0.283 e. The van der Waals surface area contributed by atoms with Crippen molar-refractivity contribution in [2.45, 2.75) is 5.16 Å². The van der Waals surface area contributed by atoms with Crippen molar-refractivity contribution < 1.29 is 9.72 Å². The highest BCUT2D eigenvalue weighted by molar-refractivity contribution is 7.99. The third-order valence-electron chi connectivity index (χ3n) is 5.25. The Morgan fingerprint density at radius 2 is 1.89 bits per heavy atom. The van der Waals surface area contributed by atoms with Crippen LogP contribution in [0.5, 0.6) is 0 Å². The van der Waals surface area contributed by atoms with E-state index in [4.69, 9.17) is 16.6 Å². The summed E-state index contributed by atoms with van der Waals surface area (Å²) in [4.78, 5) is 44.5. The van der Waals surface area contributed by atoms with Crippen LogP contribution in [-0.4, -0.2) is 31.1 Å². The summed E-state index contributed by atoms with van der Waals surface area (Å²) < 4.78 is 1.35. The van der Waals surface area contributed by atoms with Crippen molar-refractivity contribution in [2.75, 3.05) is 11.1 Å². The third kappa shape index (κ3) is 4.48. The fraction of sp³-hybridized carbons (Fsp3) is 0.0417. The topological polar surface area (TPSA) is 123 Å². The van der Waals surface area contributed by atoms with Gasteiger partial charge in [0.05, 0.1) is 16.4 Å². The molecule has 0 unspecified atom stereocenters. The van der Waals surface area contributed by atoms with Gasteiger partial charge in [-0.3, -0.25) is 24.3 Å². The average Bonchev–Trinajstić information content (AvgIpc) is 3.22. The molecule has 0 aliphatic carbocycles. The summed E-state index contributed by atoms with van der Waals surface area (Å²) in [5, 5.41) is 15.4. The Bertz CT molecular complexity index is 1660. The maximum atomic E-state index is 13.5. The molecule has 5 rings (SSSR count). The van der Waals surface area contributed by atoms with Crippen LogP contribution in [0.1, 0.15) is 0 Å². The number of nitrogens with zero attached hydrogens (tertiary/aromatic N) is 3. The van der Waals surface area contributed by atoms with E-state index in [0.29, 0.717) is 27.4 Å². The maximum absolute atomic E-state index is 13.5. The molecule has 1 amide bonds. The van der Waals surface area contributed by atoms with Crippen molar-refractivity contribution in [3.63, 3.8) is 0 Å². The Balaban J connectivity index is 1.56. The van der Waals surface area contributed by atoms with Gasteiger partial charge in [-0.25, -0.2) is 4.98 Å².